The van der Waals surface area contributed by atoms with Crippen LogP contribution in [0, 0.1) is 0 Å². The lowest BCUT2D eigenvalue weighted by Gasteiger charge is -2.11. The third-order valence-corrected chi connectivity index (χ3v) is 6.49. The number of allylic oxidation sites excluding steroid dienone is 2. The third kappa shape index (κ3) is 5.98. The summed E-state index contributed by atoms with van der Waals surface area (Å²) >= 11 is 1.73. The molecule has 0 bridgehead atoms. The molecule has 0 aromatic heterocycles. The fraction of sp³-hybridized carbons (Fsp3) is 0.227. The molecule has 1 amide bonds. The van der Waals surface area contributed by atoms with Crippen LogP contribution in [0.25, 0.3) is 5.57 Å². The van der Waals surface area contributed by atoms with Crippen molar-refractivity contribution in [1.29, 1.82) is 0 Å². The van der Waals surface area contributed by atoms with E-state index in [1.807, 2.05) is 24.3 Å². The van der Waals surface area contributed by atoms with E-state index in [2.05, 4.69) is 18.2 Å². The number of hydrogen-bond donors (Lipinski definition) is 1. The minimum atomic E-state index is -4.04. The van der Waals surface area contributed by atoms with Crippen LogP contribution in [0.3, 0.4) is 0 Å². The number of thioether (sulfide) groups is 1. The summed E-state index contributed by atoms with van der Waals surface area (Å²) in [7, 11) is -2.67. The van der Waals surface area contributed by atoms with Crippen LogP contribution in [-0.4, -0.2) is 27.2 Å². The zero-order valence-electron chi connectivity index (χ0n) is 16.8. The SMILES string of the molecule is C=C(C/C=C(\C)C(=O)NS(=O)(=O)c1ccccc1OC)c1ccccc1SCC. The smallest absolute Gasteiger partial charge is 0.267 e. The molecule has 0 radical (unpaired) electrons. The van der Waals surface area contributed by atoms with E-state index < -0.39 is 15.9 Å². The van der Waals surface area contributed by atoms with Gasteiger partial charge in [0.05, 0.1) is 7.11 Å². The standard InChI is InChI=1S/C22H25NO4S2/c1-5-28-20-12-8-6-10-18(20)16(2)14-15-17(3)22(24)23-29(25,26)21-13-9-7-11-19(21)27-4/h6-13,15H,2,5,14H2,1,3-4H3,(H,23,24)/b17-15+. The Morgan fingerprint density at radius 3 is 2.52 bits per heavy atom. The van der Waals surface area contributed by atoms with E-state index in [1.165, 1.54) is 19.2 Å². The molecule has 2 aromatic rings. The molecule has 7 heteroatoms. The highest BCUT2D eigenvalue weighted by Crippen LogP contribution is 2.29. The number of para-hydroxylation sites is 1. The fourth-order valence-electron chi connectivity index (χ4n) is 2.62. The van der Waals surface area contributed by atoms with E-state index in [-0.39, 0.29) is 10.6 Å². The van der Waals surface area contributed by atoms with E-state index in [4.69, 9.17) is 4.74 Å². The summed E-state index contributed by atoms with van der Waals surface area (Å²) in [6.07, 6.45) is 2.12. The van der Waals surface area contributed by atoms with Gasteiger partial charge >= 0.3 is 0 Å². The first kappa shape index (κ1) is 22.8. The number of sulfonamides is 1. The minimum absolute atomic E-state index is 0.0847. The Balaban J connectivity index is 2.12. The Labute approximate surface area is 176 Å². The van der Waals surface area contributed by atoms with Crippen LogP contribution in [0.2, 0.25) is 0 Å². The van der Waals surface area contributed by atoms with E-state index >= 15 is 0 Å². The lowest BCUT2D eigenvalue weighted by atomic mass is 10.0. The molecule has 2 aromatic carbocycles. The molecule has 2 rings (SSSR count). The molecule has 0 fully saturated rings. The van der Waals surface area contributed by atoms with E-state index in [1.54, 1.807) is 36.9 Å². The molecule has 0 saturated heterocycles. The summed E-state index contributed by atoms with van der Waals surface area (Å²) in [6, 6.07) is 14.1. The first-order valence-electron chi connectivity index (χ1n) is 9.07. The number of carbonyl (C=O) groups excluding carboxylic acids is 1. The van der Waals surface area contributed by atoms with Crippen molar-refractivity contribution in [3.05, 3.63) is 72.3 Å². The van der Waals surface area contributed by atoms with Crippen molar-refractivity contribution < 1.29 is 17.9 Å². The second kappa shape index (κ2) is 10.3. The van der Waals surface area contributed by atoms with Crippen LogP contribution in [0.1, 0.15) is 25.8 Å². The number of amides is 1. The van der Waals surface area contributed by atoms with Gasteiger partial charge in [-0.05, 0) is 48.4 Å². The molecule has 1 N–H and O–H groups in total. The fourth-order valence-corrected chi connectivity index (χ4v) is 4.66. The Morgan fingerprint density at radius 1 is 1.17 bits per heavy atom. The molecular weight excluding hydrogens is 406 g/mol. The van der Waals surface area contributed by atoms with Crippen LogP contribution in [-0.2, 0) is 14.8 Å². The van der Waals surface area contributed by atoms with Crippen molar-refractivity contribution in [3.8, 4) is 5.75 Å². The van der Waals surface area contributed by atoms with Crippen molar-refractivity contribution in [3.63, 3.8) is 0 Å². The topological polar surface area (TPSA) is 72.5 Å². The van der Waals surface area contributed by atoms with Crippen LogP contribution < -0.4 is 9.46 Å². The van der Waals surface area contributed by atoms with Gasteiger partial charge in [0.2, 0.25) is 0 Å². The highest BCUT2D eigenvalue weighted by molar-refractivity contribution is 7.99. The van der Waals surface area contributed by atoms with Gasteiger partial charge in [0.15, 0.2) is 0 Å². The Hall–Kier alpha value is -2.51. The average molecular weight is 432 g/mol. The van der Waals surface area contributed by atoms with Gasteiger partial charge in [-0.3, -0.25) is 4.79 Å². The largest absolute Gasteiger partial charge is 0.495 e. The quantitative estimate of drug-likeness (QED) is 0.462. The molecule has 0 unspecified atom stereocenters. The van der Waals surface area contributed by atoms with Gasteiger partial charge < -0.3 is 4.74 Å². The zero-order valence-corrected chi connectivity index (χ0v) is 18.4. The summed E-state index contributed by atoms with van der Waals surface area (Å²) in [4.78, 5) is 13.5. The highest BCUT2D eigenvalue weighted by Gasteiger charge is 2.22. The maximum absolute atomic E-state index is 12.5. The summed E-state index contributed by atoms with van der Waals surface area (Å²) in [6.45, 7) is 7.78. The molecule has 0 saturated carbocycles. The molecule has 0 heterocycles. The number of carbonyl (C=O) groups is 1. The Kier molecular flexibility index (Phi) is 8.10. The van der Waals surface area contributed by atoms with Gasteiger partial charge in [-0.1, -0.05) is 49.9 Å². The van der Waals surface area contributed by atoms with Crippen molar-refractivity contribution in [2.75, 3.05) is 12.9 Å². The molecule has 0 aliphatic rings. The maximum atomic E-state index is 12.5. The van der Waals surface area contributed by atoms with Crippen LogP contribution in [0.5, 0.6) is 5.75 Å². The van der Waals surface area contributed by atoms with Crippen LogP contribution in [0.4, 0.5) is 0 Å². The molecule has 0 aliphatic carbocycles. The van der Waals surface area contributed by atoms with Gasteiger partial charge in [0.25, 0.3) is 15.9 Å². The molecule has 0 spiro atoms. The maximum Gasteiger partial charge on any atom is 0.267 e. The lowest BCUT2D eigenvalue weighted by Crippen LogP contribution is -2.31. The summed E-state index contributed by atoms with van der Waals surface area (Å²) in [5.74, 6) is 0.440. The van der Waals surface area contributed by atoms with E-state index in [0.29, 0.717) is 12.0 Å². The summed E-state index contributed by atoms with van der Waals surface area (Å²) in [5, 5.41) is 0. The molecule has 29 heavy (non-hydrogen) atoms. The van der Waals surface area contributed by atoms with Crippen molar-refractivity contribution in [1.82, 2.24) is 4.72 Å². The van der Waals surface area contributed by atoms with Crippen molar-refractivity contribution in [2.24, 2.45) is 0 Å². The van der Waals surface area contributed by atoms with Gasteiger partial charge in [-0.15, -0.1) is 11.8 Å². The number of hydrogen-bond acceptors (Lipinski definition) is 5. The van der Waals surface area contributed by atoms with E-state index in [0.717, 1.165) is 21.8 Å². The lowest BCUT2D eigenvalue weighted by molar-refractivity contribution is -0.115. The Morgan fingerprint density at radius 2 is 1.83 bits per heavy atom. The first-order valence-corrected chi connectivity index (χ1v) is 11.5. The van der Waals surface area contributed by atoms with E-state index in [9.17, 15) is 13.2 Å². The molecule has 5 nitrogen and oxygen atoms in total. The second-order valence-electron chi connectivity index (χ2n) is 6.21. The van der Waals surface area contributed by atoms with Gasteiger partial charge in [0.1, 0.15) is 10.6 Å². The number of benzene rings is 2. The number of methoxy groups -OCH3 is 1. The Bertz CT molecular complexity index is 1030. The zero-order chi connectivity index (χ0) is 21.4. The molecular formula is C22H25NO4S2. The molecule has 0 aliphatic heterocycles. The number of nitrogens with one attached hydrogen (secondary N) is 1. The summed E-state index contributed by atoms with van der Waals surface area (Å²) < 4.78 is 32.3. The van der Waals surface area contributed by atoms with Crippen LogP contribution >= 0.6 is 11.8 Å². The molecule has 154 valence electrons. The third-order valence-electron chi connectivity index (χ3n) is 4.17. The van der Waals surface area contributed by atoms with Crippen molar-refractivity contribution >= 4 is 33.3 Å². The monoisotopic (exact) mass is 431 g/mol. The minimum Gasteiger partial charge on any atom is -0.495 e. The van der Waals surface area contributed by atoms with Gasteiger partial charge in [-0.25, -0.2) is 13.1 Å². The van der Waals surface area contributed by atoms with Crippen LogP contribution in [0.15, 0.2) is 76.5 Å². The summed E-state index contributed by atoms with van der Waals surface area (Å²) in [5.41, 5.74) is 2.19. The predicted octanol–water partition coefficient (Wildman–Crippen LogP) is 4.66. The number of rotatable bonds is 9. The molecule has 0 atom stereocenters. The second-order valence-corrected chi connectivity index (χ2v) is 9.17. The van der Waals surface area contributed by atoms with Gasteiger partial charge in [0, 0.05) is 10.5 Å². The van der Waals surface area contributed by atoms with Crippen molar-refractivity contribution in [2.45, 2.75) is 30.1 Å². The van der Waals surface area contributed by atoms with Gasteiger partial charge in [-0.2, -0.15) is 0 Å². The highest BCUT2D eigenvalue weighted by atomic mass is 32.2. The predicted molar refractivity (Wildman–Crippen MR) is 119 cm³/mol. The number of ether oxygens (including phenoxy) is 1. The average Bonchev–Trinajstić information content (AvgIpc) is 2.72. The normalized spacial score (nSPS) is 11.8. The first-order chi connectivity index (χ1) is 13.8.